The molecule has 2 aromatic heterocycles. The zero-order valence-corrected chi connectivity index (χ0v) is 12.9. The van der Waals surface area contributed by atoms with Gasteiger partial charge in [-0.2, -0.15) is 4.68 Å². The van der Waals surface area contributed by atoms with Gasteiger partial charge in [0.1, 0.15) is 5.76 Å². The minimum atomic E-state index is -0.403. The molecule has 0 atom stereocenters. The van der Waals surface area contributed by atoms with Crippen molar-refractivity contribution in [3.05, 3.63) is 59.8 Å². The SMILES string of the molecule is Cc1cccc(-n2nnnc2C(C)(C)NCc2ccco2)c1. The van der Waals surface area contributed by atoms with Crippen LogP contribution in [0.4, 0.5) is 0 Å². The molecule has 0 saturated heterocycles. The van der Waals surface area contributed by atoms with Crippen LogP contribution in [0.3, 0.4) is 0 Å². The van der Waals surface area contributed by atoms with Gasteiger partial charge in [-0.1, -0.05) is 12.1 Å². The van der Waals surface area contributed by atoms with Gasteiger partial charge in [0, 0.05) is 0 Å². The van der Waals surface area contributed by atoms with E-state index in [0.717, 1.165) is 17.3 Å². The Morgan fingerprint density at radius 2 is 2.09 bits per heavy atom. The number of furan rings is 1. The largest absolute Gasteiger partial charge is 0.468 e. The van der Waals surface area contributed by atoms with Gasteiger partial charge in [-0.25, -0.2) is 0 Å². The molecule has 0 amide bonds. The van der Waals surface area contributed by atoms with Crippen LogP contribution < -0.4 is 5.32 Å². The average Bonchev–Trinajstić information content (AvgIpc) is 3.17. The molecular formula is C16H19N5O. The third-order valence-electron chi connectivity index (χ3n) is 3.56. The van der Waals surface area contributed by atoms with Gasteiger partial charge in [0.25, 0.3) is 0 Å². The van der Waals surface area contributed by atoms with E-state index >= 15 is 0 Å². The quantitative estimate of drug-likeness (QED) is 0.784. The smallest absolute Gasteiger partial charge is 0.176 e. The predicted molar refractivity (Wildman–Crippen MR) is 82.5 cm³/mol. The van der Waals surface area contributed by atoms with Crippen molar-refractivity contribution in [1.29, 1.82) is 0 Å². The maximum Gasteiger partial charge on any atom is 0.176 e. The van der Waals surface area contributed by atoms with Crippen LogP contribution >= 0.6 is 0 Å². The Kier molecular flexibility index (Phi) is 3.77. The second-order valence-corrected chi connectivity index (χ2v) is 5.81. The summed E-state index contributed by atoms with van der Waals surface area (Å²) in [7, 11) is 0. The number of hydrogen-bond acceptors (Lipinski definition) is 5. The van der Waals surface area contributed by atoms with Crippen molar-refractivity contribution in [3.63, 3.8) is 0 Å². The molecule has 6 nitrogen and oxygen atoms in total. The minimum absolute atomic E-state index is 0.403. The van der Waals surface area contributed by atoms with Crippen LogP contribution in [0.15, 0.2) is 47.1 Å². The Balaban J connectivity index is 1.86. The van der Waals surface area contributed by atoms with Crippen molar-refractivity contribution < 1.29 is 4.42 Å². The third-order valence-corrected chi connectivity index (χ3v) is 3.56. The standard InChI is InChI=1S/C16H19N5O/c1-12-6-4-7-13(10-12)21-15(18-19-20-21)16(2,3)17-11-14-8-5-9-22-14/h4-10,17H,11H2,1-3H3. The summed E-state index contributed by atoms with van der Waals surface area (Å²) >= 11 is 0. The lowest BCUT2D eigenvalue weighted by Gasteiger charge is -2.24. The molecule has 3 rings (SSSR count). The van der Waals surface area contributed by atoms with Crippen molar-refractivity contribution in [2.75, 3.05) is 0 Å². The molecular weight excluding hydrogens is 278 g/mol. The second-order valence-electron chi connectivity index (χ2n) is 5.81. The highest BCUT2D eigenvalue weighted by Gasteiger charge is 2.28. The van der Waals surface area contributed by atoms with Crippen LogP contribution in [0.2, 0.25) is 0 Å². The van der Waals surface area contributed by atoms with Crippen molar-refractivity contribution >= 4 is 0 Å². The zero-order chi connectivity index (χ0) is 15.6. The van der Waals surface area contributed by atoms with E-state index in [1.165, 1.54) is 5.56 Å². The fraction of sp³-hybridized carbons (Fsp3) is 0.312. The third kappa shape index (κ3) is 2.92. The fourth-order valence-electron chi connectivity index (χ4n) is 2.31. The summed E-state index contributed by atoms with van der Waals surface area (Å²) in [6, 6.07) is 11.9. The Hall–Kier alpha value is -2.47. The zero-order valence-electron chi connectivity index (χ0n) is 12.9. The number of aromatic nitrogens is 4. The van der Waals surface area contributed by atoms with Crippen molar-refractivity contribution in [2.24, 2.45) is 0 Å². The second kappa shape index (κ2) is 5.73. The minimum Gasteiger partial charge on any atom is -0.468 e. The van der Waals surface area contributed by atoms with E-state index in [2.05, 4.69) is 26.9 Å². The average molecular weight is 297 g/mol. The van der Waals surface area contributed by atoms with Gasteiger partial charge in [0.2, 0.25) is 0 Å². The number of tetrazole rings is 1. The first kappa shape index (κ1) is 14.5. The van der Waals surface area contributed by atoms with Crippen molar-refractivity contribution in [3.8, 4) is 5.69 Å². The van der Waals surface area contributed by atoms with Crippen LogP contribution in [0.1, 0.15) is 31.0 Å². The summed E-state index contributed by atoms with van der Waals surface area (Å²) in [4.78, 5) is 0. The number of benzene rings is 1. The molecule has 3 aromatic rings. The Labute approximate surface area is 129 Å². The predicted octanol–water partition coefficient (Wildman–Crippen LogP) is 2.59. The molecule has 1 aromatic carbocycles. The molecule has 114 valence electrons. The highest BCUT2D eigenvalue weighted by atomic mass is 16.3. The van der Waals surface area contributed by atoms with Gasteiger partial charge in [-0.15, -0.1) is 5.10 Å². The van der Waals surface area contributed by atoms with Gasteiger partial charge in [-0.3, -0.25) is 5.32 Å². The topological polar surface area (TPSA) is 68.8 Å². The molecule has 1 N–H and O–H groups in total. The molecule has 0 spiro atoms. The van der Waals surface area contributed by atoms with Crippen molar-refractivity contribution in [2.45, 2.75) is 32.9 Å². The molecule has 2 heterocycles. The van der Waals surface area contributed by atoms with Crippen molar-refractivity contribution in [1.82, 2.24) is 25.5 Å². The van der Waals surface area contributed by atoms with E-state index in [1.54, 1.807) is 10.9 Å². The summed E-state index contributed by atoms with van der Waals surface area (Å²) in [5.74, 6) is 1.63. The first-order valence-corrected chi connectivity index (χ1v) is 7.19. The van der Waals surface area contributed by atoms with Crippen LogP contribution in [0.5, 0.6) is 0 Å². The molecule has 0 radical (unpaired) electrons. The van der Waals surface area contributed by atoms with Crippen LogP contribution in [-0.2, 0) is 12.1 Å². The highest BCUT2D eigenvalue weighted by Crippen LogP contribution is 2.21. The summed E-state index contributed by atoms with van der Waals surface area (Å²) in [5.41, 5.74) is 1.72. The Bertz CT molecular complexity index is 746. The van der Waals surface area contributed by atoms with Crippen LogP contribution in [0, 0.1) is 6.92 Å². The van der Waals surface area contributed by atoms with E-state index in [9.17, 15) is 0 Å². The number of nitrogens with zero attached hydrogens (tertiary/aromatic N) is 4. The van der Waals surface area contributed by atoms with Gasteiger partial charge in [0.15, 0.2) is 5.82 Å². The molecule has 0 fully saturated rings. The summed E-state index contributed by atoms with van der Waals surface area (Å²) in [6.45, 7) is 6.76. The summed E-state index contributed by atoms with van der Waals surface area (Å²) < 4.78 is 7.12. The van der Waals surface area contributed by atoms with Crippen LogP contribution in [0.25, 0.3) is 5.69 Å². The van der Waals surface area contributed by atoms with E-state index in [1.807, 2.05) is 51.1 Å². The molecule has 0 bridgehead atoms. The van der Waals surface area contributed by atoms with E-state index < -0.39 is 5.54 Å². The van der Waals surface area contributed by atoms with Gasteiger partial charge in [-0.05, 0) is 61.0 Å². The molecule has 0 unspecified atom stereocenters. The highest BCUT2D eigenvalue weighted by molar-refractivity contribution is 5.35. The fourth-order valence-corrected chi connectivity index (χ4v) is 2.31. The number of nitrogens with one attached hydrogen (secondary N) is 1. The summed E-state index contributed by atoms with van der Waals surface area (Å²) in [5, 5.41) is 15.6. The Morgan fingerprint density at radius 1 is 1.23 bits per heavy atom. The first-order valence-electron chi connectivity index (χ1n) is 7.19. The maximum absolute atomic E-state index is 5.36. The lowest BCUT2D eigenvalue weighted by atomic mass is 10.0. The van der Waals surface area contributed by atoms with E-state index in [-0.39, 0.29) is 0 Å². The van der Waals surface area contributed by atoms with E-state index in [0.29, 0.717) is 6.54 Å². The molecule has 0 aliphatic heterocycles. The van der Waals surface area contributed by atoms with Gasteiger partial charge in [0.05, 0.1) is 24.0 Å². The van der Waals surface area contributed by atoms with E-state index in [4.69, 9.17) is 4.42 Å². The van der Waals surface area contributed by atoms with Gasteiger partial charge >= 0.3 is 0 Å². The number of hydrogen-bond donors (Lipinski definition) is 1. The van der Waals surface area contributed by atoms with Gasteiger partial charge < -0.3 is 4.42 Å². The molecule has 0 aliphatic carbocycles. The Morgan fingerprint density at radius 3 is 2.82 bits per heavy atom. The number of rotatable bonds is 5. The van der Waals surface area contributed by atoms with Crippen LogP contribution in [-0.4, -0.2) is 20.2 Å². The molecule has 0 aliphatic rings. The maximum atomic E-state index is 5.36. The lowest BCUT2D eigenvalue weighted by molar-refractivity contribution is 0.347. The molecule has 22 heavy (non-hydrogen) atoms. The molecule has 6 heteroatoms. The first-order chi connectivity index (χ1) is 10.6. The molecule has 0 saturated carbocycles. The monoisotopic (exact) mass is 297 g/mol. The number of aryl methyl sites for hydroxylation is 1. The summed E-state index contributed by atoms with van der Waals surface area (Å²) in [6.07, 6.45) is 1.67. The normalized spacial score (nSPS) is 11.8. The lowest BCUT2D eigenvalue weighted by Crippen LogP contribution is -2.38.